The van der Waals surface area contributed by atoms with E-state index in [1.807, 2.05) is 36.4 Å². The molecule has 20 heavy (non-hydrogen) atoms. The van der Waals surface area contributed by atoms with Crippen LogP contribution in [0.5, 0.6) is 5.75 Å². The molecule has 102 valence electrons. The molecule has 1 aliphatic rings. The van der Waals surface area contributed by atoms with Crippen LogP contribution in [0.1, 0.15) is 23.5 Å². The predicted octanol–water partition coefficient (Wildman–Crippen LogP) is 2.26. The van der Waals surface area contributed by atoms with Crippen LogP contribution in [0.3, 0.4) is 0 Å². The number of hydrogen-bond acceptors (Lipinski definition) is 3. The van der Waals surface area contributed by atoms with Gasteiger partial charge in [0.2, 0.25) is 5.91 Å². The average Bonchev–Trinajstić information content (AvgIpc) is 2.53. The van der Waals surface area contributed by atoms with E-state index in [1.54, 1.807) is 12.4 Å². The van der Waals surface area contributed by atoms with E-state index < -0.39 is 0 Å². The molecule has 0 spiro atoms. The Bertz CT molecular complexity index is 598. The molecule has 1 aliphatic heterocycles. The lowest BCUT2D eigenvalue weighted by Gasteiger charge is -2.25. The topological polar surface area (TPSA) is 51.2 Å². The van der Waals surface area contributed by atoms with Gasteiger partial charge in [-0.15, -0.1) is 0 Å². The molecule has 4 heteroatoms. The number of carbonyl (C=O) groups excluding carboxylic acids is 1. The zero-order chi connectivity index (χ0) is 13.8. The van der Waals surface area contributed by atoms with Crippen LogP contribution in [0.15, 0.2) is 48.8 Å². The van der Waals surface area contributed by atoms with Crippen molar-refractivity contribution in [2.75, 3.05) is 6.61 Å². The number of para-hydroxylation sites is 1. The summed E-state index contributed by atoms with van der Waals surface area (Å²) in [5.41, 5.74) is 1.98. The average molecular weight is 268 g/mol. The maximum absolute atomic E-state index is 12.3. The number of fused-ring (bicyclic) bond motifs is 1. The molecule has 1 amide bonds. The third kappa shape index (κ3) is 2.64. The Morgan fingerprint density at radius 3 is 3.05 bits per heavy atom. The van der Waals surface area contributed by atoms with Gasteiger partial charge in [-0.25, -0.2) is 0 Å². The summed E-state index contributed by atoms with van der Waals surface area (Å²) in [6.07, 6.45) is 4.20. The van der Waals surface area contributed by atoms with Gasteiger partial charge in [0.1, 0.15) is 5.75 Å². The summed E-state index contributed by atoms with van der Waals surface area (Å²) in [5.74, 6) is 0.738. The molecule has 1 atom stereocenters. The Hall–Kier alpha value is -2.36. The Kier molecular flexibility index (Phi) is 3.63. The lowest BCUT2D eigenvalue weighted by atomic mass is 9.92. The Morgan fingerprint density at radius 1 is 1.30 bits per heavy atom. The van der Waals surface area contributed by atoms with E-state index in [9.17, 15) is 4.79 Å². The predicted molar refractivity (Wildman–Crippen MR) is 75.4 cm³/mol. The summed E-state index contributed by atoms with van der Waals surface area (Å²) < 4.78 is 5.58. The van der Waals surface area contributed by atoms with Crippen LogP contribution in [0.25, 0.3) is 0 Å². The van der Waals surface area contributed by atoms with Crippen molar-refractivity contribution in [2.24, 2.45) is 0 Å². The third-order valence-corrected chi connectivity index (χ3v) is 3.46. The maximum Gasteiger partial charge on any atom is 0.228 e. The molecule has 2 heterocycles. The molecular weight excluding hydrogens is 252 g/mol. The minimum absolute atomic E-state index is 0.0459. The van der Waals surface area contributed by atoms with Gasteiger partial charge in [-0.2, -0.15) is 0 Å². The third-order valence-electron chi connectivity index (χ3n) is 3.46. The highest BCUT2D eigenvalue weighted by atomic mass is 16.5. The first-order valence-corrected chi connectivity index (χ1v) is 6.73. The van der Waals surface area contributed by atoms with E-state index in [1.165, 1.54) is 0 Å². The quantitative estimate of drug-likeness (QED) is 0.929. The molecule has 3 rings (SSSR count). The molecular formula is C16H16N2O2. The van der Waals surface area contributed by atoms with Crippen LogP contribution >= 0.6 is 0 Å². The van der Waals surface area contributed by atoms with Crippen LogP contribution in [0.2, 0.25) is 0 Å². The van der Waals surface area contributed by atoms with E-state index in [2.05, 4.69) is 10.3 Å². The first-order valence-electron chi connectivity index (χ1n) is 6.73. The molecule has 1 N–H and O–H groups in total. The molecule has 1 aromatic carbocycles. The molecule has 0 saturated heterocycles. The van der Waals surface area contributed by atoms with Gasteiger partial charge in [-0.3, -0.25) is 9.78 Å². The number of amides is 1. The molecule has 0 radical (unpaired) electrons. The minimum atomic E-state index is -0.128. The highest BCUT2D eigenvalue weighted by Crippen LogP contribution is 2.33. The largest absolute Gasteiger partial charge is 0.493 e. The Balaban J connectivity index is 1.69. The van der Waals surface area contributed by atoms with Crippen LogP contribution < -0.4 is 10.1 Å². The van der Waals surface area contributed by atoms with E-state index in [-0.39, 0.29) is 11.8 Å². The lowest BCUT2D eigenvalue weighted by molar-refractivity contribution is -0.123. The van der Waals surface area contributed by atoms with Crippen LogP contribution in [-0.2, 0) is 11.3 Å². The summed E-state index contributed by atoms with van der Waals surface area (Å²) >= 11 is 0. The zero-order valence-electron chi connectivity index (χ0n) is 11.1. The Labute approximate surface area is 117 Å². The molecule has 1 aromatic heterocycles. The molecule has 1 unspecified atom stereocenters. The van der Waals surface area contributed by atoms with Crippen molar-refractivity contribution in [1.29, 1.82) is 0 Å². The number of rotatable bonds is 3. The van der Waals surface area contributed by atoms with Crippen molar-refractivity contribution < 1.29 is 9.53 Å². The molecule has 0 fully saturated rings. The molecule has 0 bridgehead atoms. The van der Waals surface area contributed by atoms with Gasteiger partial charge in [-0.05, 0) is 24.1 Å². The molecule has 4 nitrogen and oxygen atoms in total. The number of nitrogens with zero attached hydrogens (tertiary/aromatic N) is 1. The standard InChI is InChI=1S/C16H16N2O2/c19-16(18-11-12-4-3-8-17-10-12)14-7-9-20-15-6-2-1-5-13(14)15/h1-6,8,10,14H,7,9,11H2,(H,18,19). The normalized spacial score (nSPS) is 16.9. The second-order valence-electron chi connectivity index (χ2n) is 4.81. The van der Waals surface area contributed by atoms with Crippen LogP contribution in [0.4, 0.5) is 0 Å². The van der Waals surface area contributed by atoms with Gasteiger partial charge in [0.05, 0.1) is 12.5 Å². The number of nitrogens with one attached hydrogen (secondary N) is 1. The summed E-state index contributed by atoms with van der Waals surface area (Å²) in [4.78, 5) is 16.4. The zero-order valence-corrected chi connectivity index (χ0v) is 11.1. The van der Waals surface area contributed by atoms with Gasteiger partial charge in [-0.1, -0.05) is 24.3 Å². The van der Waals surface area contributed by atoms with Gasteiger partial charge < -0.3 is 10.1 Å². The Morgan fingerprint density at radius 2 is 2.20 bits per heavy atom. The SMILES string of the molecule is O=C(NCc1cccnc1)C1CCOc2ccccc21. The number of pyridine rings is 1. The maximum atomic E-state index is 12.3. The van der Waals surface area contributed by atoms with Gasteiger partial charge in [0.15, 0.2) is 0 Å². The van der Waals surface area contributed by atoms with E-state index in [0.29, 0.717) is 13.2 Å². The first kappa shape index (κ1) is 12.7. The van der Waals surface area contributed by atoms with Gasteiger partial charge in [0.25, 0.3) is 0 Å². The fraction of sp³-hybridized carbons (Fsp3) is 0.250. The first-order chi connectivity index (χ1) is 9.84. The van der Waals surface area contributed by atoms with Crippen LogP contribution in [0, 0.1) is 0 Å². The van der Waals surface area contributed by atoms with Crippen molar-refractivity contribution >= 4 is 5.91 Å². The van der Waals surface area contributed by atoms with Crippen molar-refractivity contribution in [1.82, 2.24) is 10.3 Å². The van der Waals surface area contributed by atoms with Crippen molar-refractivity contribution in [3.8, 4) is 5.75 Å². The van der Waals surface area contributed by atoms with Crippen molar-refractivity contribution in [3.05, 3.63) is 59.9 Å². The smallest absolute Gasteiger partial charge is 0.228 e. The highest BCUT2D eigenvalue weighted by molar-refractivity contribution is 5.84. The lowest BCUT2D eigenvalue weighted by Crippen LogP contribution is -2.32. The summed E-state index contributed by atoms with van der Waals surface area (Å²) in [7, 11) is 0. The van der Waals surface area contributed by atoms with E-state index >= 15 is 0 Å². The number of benzene rings is 1. The van der Waals surface area contributed by atoms with Crippen molar-refractivity contribution in [2.45, 2.75) is 18.9 Å². The molecule has 0 aliphatic carbocycles. The highest BCUT2D eigenvalue weighted by Gasteiger charge is 2.26. The van der Waals surface area contributed by atoms with Crippen LogP contribution in [-0.4, -0.2) is 17.5 Å². The fourth-order valence-electron chi connectivity index (χ4n) is 2.43. The molecule has 2 aromatic rings. The summed E-state index contributed by atoms with van der Waals surface area (Å²) in [6.45, 7) is 1.09. The van der Waals surface area contributed by atoms with Crippen molar-refractivity contribution in [3.63, 3.8) is 0 Å². The van der Waals surface area contributed by atoms with E-state index in [4.69, 9.17) is 4.74 Å². The van der Waals surface area contributed by atoms with Gasteiger partial charge in [0, 0.05) is 24.5 Å². The summed E-state index contributed by atoms with van der Waals surface area (Å²) in [6, 6.07) is 11.6. The number of ether oxygens (including phenoxy) is 1. The second kappa shape index (κ2) is 5.74. The number of aromatic nitrogens is 1. The summed E-state index contributed by atoms with van der Waals surface area (Å²) in [5, 5.41) is 2.98. The minimum Gasteiger partial charge on any atom is -0.493 e. The number of carbonyl (C=O) groups is 1. The monoisotopic (exact) mass is 268 g/mol. The fourth-order valence-corrected chi connectivity index (χ4v) is 2.43. The number of hydrogen-bond donors (Lipinski definition) is 1. The second-order valence-corrected chi connectivity index (χ2v) is 4.81. The van der Waals surface area contributed by atoms with Gasteiger partial charge >= 0.3 is 0 Å². The van der Waals surface area contributed by atoms with E-state index in [0.717, 1.165) is 23.3 Å². The molecule has 0 saturated carbocycles.